The van der Waals surface area contributed by atoms with Crippen molar-refractivity contribution in [2.24, 2.45) is 5.92 Å². The molecular formula is C14H24FNO5. The first-order valence-corrected chi connectivity index (χ1v) is 6.96. The smallest absolute Gasteiger partial charge is 0.410 e. The van der Waals surface area contributed by atoms with E-state index in [0.717, 1.165) is 0 Å². The maximum Gasteiger partial charge on any atom is 0.410 e. The van der Waals surface area contributed by atoms with Crippen LogP contribution in [0.2, 0.25) is 0 Å². The van der Waals surface area contributed by atoms with Gasteiger partial charge in [-0.2, -0.15) is 0 Å². The van der Waals surface area contributed by atoms with Crippen LogP contribution in [0.25, 0.3) is 0 Å². The van der Waals surface area contributed by atoms with E-state index in [1.54, 1.807) is 20.8 Å². The summed E-state index contributed by atoms with van der Waals surface area (Å²) >= 11 is 0. The molecule has 1 N–H and O–H groups in total. The zero-order valence-electron chi connectivity index (χ0n) is 13.1. The van der Waals surface area contributed by atoms with Crippen LogP contribution in [0.15, 0.2) is 0 Å². The second-order valence-corrected chi connectivity index (χ2v) is 6.36. The largest absolute Gasteiger partial charge is 0.481 e. The van der Waals surface area contributed by atoms with Crippen molar-refractivity contribution in [3.05, 3.63) is 0 Å². The molecule has 0 spiro atoms. The second kappa shape index (κ2) is 6.60. The lowest BCUT2D eigenvalue weighted by atomic mass is 9.96. The minimum atomic E-state index is -1.21. The molecule has 4 atom stereocenters. The number of hydrogen-bond acceptors (Lipinski definition) is 4. The van der Waals surface area contributed by atoms with E-state index in [1.807, 2.05) is 0 Å². The predicted molar refractivity (Wildman–Crippen MR) is 73.8 cm³/mol. The van der Waals surface area contributed by atoms with Gasteiger partial charge in [-0.1, -0.05) is 0 Å². The van der Waals surface area contributed by atoms with Gasteiger partial charge >= 0.3 is 12.1 Å². The summed E-state index contributed by atoms with van der Waals surface area (Å²) in [4.78, 5) is 24.5. The number of halogens is 1. The average molecular weight is 305 g/mol. The van der Waals surface area contributed by atoms with E-state index >= 15 is 0 Å². The third-order valence-electron chi connectivity index (χ3n) is 3.45. The van der Waals surface area contributed by atoms with E-state index in [9.17, 15) is 14.0 Å². The number of rotatable bonds is 4. The molecule has 7 heteroatoms. The van der Waals surface area contributed by atoms with Gasteiger partial charge in [-0.3, -0.25) is 9.69 Å². The monoisotopic (exact) mass is 305 g/mol. The third-order valence-corrected chi connectivity index (χ3v) is 3.45. The number of carbonyl (C=O) groups is 2. The van der Waals surface area contributed by atoms with Gasteiger partial charge in [0.1, 0.15) is 11.8 Å². The van der Waals surface area contributed by atoms with Crippen molar-refractivity contribution in [2.45, 2.75) is 58.0 Å². The van der Waals surface area contributed by atoms with E-state index in [1.165, 1.54) is 18.9 Å². The molecule has 122 valence electrons. The number of carbonyl (C=O) groups excluding carboxylic acids is 1. The van der Waals surface area contributed by atoms with Crippen LogP contribution < -0.4 is 0 Å². The molecule has 1 aliphatic rings. The van der Waals surface area contributed by atoms with Gasteiger partial charge in [-0.25, -0.2) is 9.18 Å². The lowest BCUT2D eigenvalue weighted by Gasteiger charge is -2.33. The quantitative estimate of drug-likeness (QED) is 0.860. The zero-order valence-corrected chi connectivity index (χ0v) is 13.1. The summed E-state index contributed by atoms with van der Waals surface area (Å²) in [6.45, 7) is 6.53. The molecule has 1 amide bonds. The Morgan fingerprint density at radius 1 is 1.38 bits per heavy atom. The highest BCUT2D eigenvalue weighted by Crippen LogP contribution is 2.29. The van der Waals surface area contributed by atoms with E-state index in [2.05, 4.69) is 0 Å². The Labute approximate surface area is 124 Å². The molecule has 0 saturated carbocycles. The lowest BCUT2D eigenvalue weighted by molar-refractivity contribution is -0.147. The Bertz CT molecular complexity index is 395. The molecule has 1 rings (SSSR count). The first-order chi connectivity index (χ1) is 9.56. The van der Waals surface area contributed by atoms with E-state index in [-0.39, 0.29) is 13.0 Å². The van der Waals surface area contributed by atoms with Gasteiger partial charge in [-0.15, -0.1) is 0 Å². The van der Waals surface area contributed by atoms with Crippen molar-refractivity contribution >= 4 is 12.1 Å². The van der Waals surface area contributed by atoms with Gasteiger partial charge < -0.3 is 14.6 Å². The van der Waals surface area contributed by atoms with Gasteiger partial charge in [0.05, 0.1) is 24.6 Å². The average Bonchev–Trinajstić information content (AvgIpc) is 2.70. The molecule has 0 aromatic heterocycles. The van der Waals surface area contributed by atoms with Crippen LogP contribution in [-0.2, 0) is 14.3 Å². The van der Waals surface area contributed by atoms with Gasteiger partial charge in [0, 0.05) is 13.5 Å². The van der Waals surface area contributed by atoms with Crippen molar-refractivity contribution in [3.63, 3.8) is 0 Å². The van der Waals surface area contributed by atoms with Crippen LogP contribution in [0, 0.1) is 5.92 Å². The van der Waals surface area contributed by atoms with Crippen molar-refractivity contribution in [3.8, 4) is 0 Å². The minimum Gasteiger partial charge on any atom is -0.481 e. The number of likely N-dealkylation sites (tertiary alicyclic amines) is 1. The number of amides is 1. The fourth-order valence-electron chi connectivity index (χ4n) is 2.49. The van der Waals surface area contributed by atoms with Crippen molar-refractivity contribution < 1.29 is 28.6 Å². The van der Waals surface area contributed by atoms with Crippen LogP contribution in [0.1, 0.15) is 34.1 Å². The summed E-state index contributed by atoms with van der Waals surface area (Å²) in [6.07, 6.45) is -2.58. The Balaban J connectivity index is 2.92. The summed E-state index contributed by atoms with van der Waals surface area (Å²) in [7, 11) is 1.36. The first kappa shape index (κ1) is 17.7. The number of nitrogens with zero attached hydrogens (tertiary/aromatic N) is 1. The van der Waals surface area contributed by atoms with E-state index < -0.39 is 41.9 Å². The molecule has 0 aromatic rings. The maximum absolute atomic E-state index is 13.7. The SMILES string of the molecule is COC(C(C)C(=O)O)[C@@H]1C[C@H](F)CN1C(=O)OC(C)(C)C. The van der Waals surface area contributed by atoms with Crippen LogP contribution in [0.3, 0.4) is 0 Å². The summed E-state index contributed by atoms with van der Waals surface area (Å²) in [5.74, 6) is -1.90. The molecule has 6 nitrogen and oxygen atoms in total. The third kappa shape index (κ3) is 4.56. The van der Waals surface area contributed by atoms with E-state index in [4.69, 9.17) is 14.6 Å². The van der Waals surface area contributed by atoms with Crippen molar-refractivity contribution in [1.29, 1.82) is 0 Å². The molecule has 1 fully saturated rings. The highest BCUT2D eigenvalue weighted by molar-refractivity contribution is 5.72. The Morgan fingerprint density at radius 2 is 1.95 bits per heavy atom. The summed E-state index contributed by atoms with van der Waals surface area (Å²) in [5.41, 5.74) is -0.697. The molecular weight excluding hydrogens is 281 g/mol. The molecule has 0 aliphatic carbocycles. The van der Waals surface area contributed by atoms with Crippen LogP contribution in [-0.4, -0.2) is 59.6 Å². The van der Waals surface area contributed by atoms with Crippen LogP contribution in [0.4, 0.5) is 9.18 Å². The maximum atomic E-state index is 13.7. The topological polar surface area (TPSA) is 76.1 Å². The van der Waals surface area contributed by atoms with Crippen molar-refractivity contribution in [1.82, 2.24) is 4.90 Å². The molecule has 0 aromatic carbocycles. The van der Waals surface area contributed by atoms with E-state index in [0.29, 0.717) is 0 Å². The fraction of sp³-hybridized carbons (Fsp3) is 0.857. The Hall–Kier alpha value is -1.37. The Kier molecular flexibility index (Phi) is 5.55. The summed E-state index contributed by atoms with van der Waals surface area (Å²) in [6, 6.07) is -0.647. The number of aliphatic carboxylic acids is 1. The molecule has 0 bridgehead atoms. The molecule has 1 saturated heterocycles. The molecule has 1 heterocycles. The van der Waals surface area contributed by atoms with Crippen LogP contribution in [0.5, 0.6) is 0 Å². The zero-order chi connectivity index (χ0) is 16.4. The van der Waals surface area contributed by atoms with Gasteiger partial charge in [0.15, 0.2) is 0 Å². The predicted octanol–water partition coefficient (Wildman–Crippen LogP) is 2.07. The Morgan fingerprint density at radius 3 is 2.38 bits per heavy atom. The number of alkyl halides is 1. The standard InChI is InChI=1S/C14H24FNO5/c1-8(12(17)18)11(20-5)10-6-9(15)7-16(10)13(19)21-14(2,3)4/h8-11H,6-7H2,1-5H3,(H,17,18)/t8?,9-,10-,11?/m0/s1. The normalized spacial score (nSPS) is 25.5. The van der Waals surface area contributed by atoms with Gasteiger partial charge in [-0.05, 0) is 27.7 Å². The lowest BCUT2D eigenvalue weighted by Crippen LogP contribution is -2.49. The summed E-state index contributed by atoms with van der Waals surface area (Å²) < 4.78 is 24.2. The molecule has 2 unspecified atom stereocenters. The summed E-state index contributed by atoms with van der Waals surface area (Å²) in [5, 5.41) is 9.11. The minimum absolute atomic E-state index is 0.0510. The number of hydrogen-bond donors (Lipinski definition) is 1. The van der Waals surface area contributed by atoms with Crippen LogP contribution >= 0.6 is 0 Å². The number of carboxylic acids is 1. The highest BCUT2D eigenvalue weighted by atomic mass is 19.1. The number of methoxy groups -OCH3 is 1. The fourth-order valence-corrected chi connectivity index (χ4v) is 2.49. The number of ether oxygens (including phenoxy) is 2. The van der Waals surface area contributed by atoms with Gasteiger partial charge in [0.25, 0.3) is 0 Å². The molecule has 21 heavy (non-hydrogen) atoms. The first-order valence-electron chi connectivity index (χ1n) is 6.96. The molecule has 1 aliphatic heterocycles. The second-order valence-electron chi connectivity index (χ2n) is 6.36. The number of carboxylic acid groups (broad SMARTS) is 1. The van der Waals surface area contributed by atoms with Crippen molar-refractivity contribution in [2.75, 3.05) is 13.7 Å². The highest BCUT2D eigenvalue weighted by Gasteiger charge is 2.45. The molecule has 0 radical (unpaired) electrons. The van der Waals surface area contributed by atoms with Gasteiger partial charge in [0.2, 0.25) is 0 Å².